The first kappa shape index (κ1) is 17.2. The quantitative estimate of drug-likeness (QED) is 0.721. The largest absolute Gasteiger partial charge is 0.354 e. The Bertz CT molecular complexity index is 821. The van der Waals surface area contributed by atoms with Crippen LogP contribution < -0.4 is 9.80 Å². The van der Waals surface area contributed by atoms with Crippen molar-refractivity contribution in [2.24, 2.45) is 0 Å². The van der Waals surface area contributed by atoms with Crippen LogP contribution in [0.4, 0.5) is 11.5 Å². The van der Waals surface area contributed by atoms with E-state index < -0.39 is 0 Å². The molecule has 0 radical (unpaired) electrons. The number of carbonyl (C=O) groups is 2. The highest BCUT2D eigenvalue weighted by atomic mass is 79.9. The van der Waals surface area contributed by atoms with Crippen LogP contribution in [0.3, 0.4) is 0 Å². The molecule has 134 valence electrons. The summed E-state index contributed by atoms with van der Waals surface area (Å²) in [5.74, 6) is 0.696. The molecule has 2 amide bonds. The number of carbonyl (C=O) groups excluding carboxylic acids is 2. The Morgan fingerprint density at radius 1 is 1.00 bits per heavy atom. The van der Waals surface area contributed by atoms with Crippen molar-refractivity contribution in [3.05, 3.63) is 53.1 Å². The number of imide groups is 1. The maximum Gasteiger partial charge on any atom is 0.251 e. The van der Waals surface area contributed by atoms with Crippen molar-refractivity contribution >= 4 is 39.2 Å². The number of rotatable bonds is 3. The molecule has 6 nitrogen and oxygen atoms in total. The van der Waals surface area contributed by atoms with Crippen LogP contribution >= 0.6 is 15.9 Å². The highest BCUT2D eigenvalue weighted by molar-refractivity contribution is 9.10. The summed E-state index contributed by atoms with van der Waals surface area (Å²) in [5.41, 5.74) is 0.629. The minimum atomic E-state index is -0.368. The van der Waals surface area contributed by atoms with Crippen molar-refractivity contribution in [3.8, 4) is 0 Å². The third-order valence-electron chi connectivity index (χ3n) is 4.92. The molecule has 2 saturated heterocycles. The first-order valence-corrected chi connectivity index (χ1v) is 9.45. The summed E-state index contributed by atoms with van der Waals surface area (Å²) >= 11 is 3.40. The zero-order valence-corrected chi connectivity index (χ0v) is 15.8. The van der Waals surface area contributed by atoms with Gasteiger partial charge in [0.1, 0.15) is 5.82 Å². The molecule has 1 atom stereocenters. The van der Waals surface area contributed by atoms with Crippen LogP contribution in [0, 0.1) is 0 Å². The Hall–Kier alpha value is -2.25. The lowest BCUT2D eigenvalue weighted by atomic mass is 10.1. The van der Waals surface area contributed by atoms with Crippen LogP contribution in [0.1, 0.15) is 6.42 Å². The molecular formula is C19H19BrN4O2. The summed E-state index contributed by atoms with van der Waals surface area (Å²) in [6.07, 6.45) is 2.03. The van der Waals surface area contributed by atoms with E-state index in [0.717, 1.165) is 36.5 Å². The fourth-order valence-electron chi connectivity index (χ4n) is 3.59. The second-order valence-electron chi connectivity index (χ2n) is 6.48. The molecule has 1 aromatic carbocycles. The zero-order chi connectivity index (χ0) is 18.1. The predicted molar refractivity (Wildman–Crippen MR) is 103 cm³/mol. The maximum atomic E-state index is 12.9. The van der Waals surface area contributed by atoms with Crippen LogP contribution in [0.5, 0.6) is 0 Å². The molecule has 2 aliphatic heterocycles. The van der Waals surface area contributed by atoms with Crippen LogP contribution in [0.15, 0.2) is 53.1 Å². The van der Waals surface area contributed by atoms with Gasteiger partial charge in [-0.2, -0.15) is 0 Å². The number of benzene rings is 1. The molecule has 7 heteroatoms. The molecule has 0 saturated carbocycles. The second kappa shape index (κ2) is 7.17. The van der Waals surface area contributed by atoms with Crippen molar-refractivity contribution in [1.29, 1.82) is 0 Å². The molecule has 26 heavy (non-hydrogen) atoms. The van der Waals surface area contributed by atoms with Gasteiger partial charge >= 0.3 is 0 Å². The summed E-state index contributed by atoms with van der Waals surface area (Å²) in [6.45, 7) is 3.08. The van der Waals surface area contributed by atoms with Gasteiger partial charge in [0, 0.05) is 36.8 Å². The highest BCUT2D eigenvalue weighted by Gasteiger charge is 2.43. The number of hydrogen-bond acceptors (Lipinski definition) is 5. The molecule has 2 aromatic rings. The zero-order valence-electron chi connectivity index (χ0n) is 14.2. The van der Waals surface area contributed by atoms with Crippen molar-refractivity contribution in [3.63, 3.8) is 0 Å². The third-order valence-corrected chi connectivity index (χ3v) is 5.41. The van der Waals surface area contributed by atoms with Gasteiger partial charge in [-0.15, -0.1) is 0 Å². The number of hydrogen-bond donors (Lipinski definition) is 0. The van der Waals surface area contributed by atoms with E-state index in [4.69, 9.17) is 0 Å². The van der Waals surface area contributed by atoms with E-state index in [9.17, 15) is 9.59 Å². The average molecular weight is 415 g/mol. The fraction of sp³-hybridized carbons (Fsp3) is 0.316. The Kier molecular flexibility index (Phi) is 4.74. The molecule has 4 rings (SSSR count). The summed E-state index contributed by atoms with van der Waals surface area (Å²) in [5, 5.41) is 0. The summed E-state index contributed by atoms with van der Waals surface area (Å²) < 4.78 is 0.850. The molecule has 2 aliphatic rings. The number of piperazine rings is 1. The highest BCUT2D eigenvalue weighted by Crippen LogP contribution is 2.28. The van der Waals surface area contributed by atoms with Gasteiger partial charge in [-0.25, -0.2) is 9.88 Å². The number of amides is 2. The first-order valence-electron chi connectivity index (χ1n) is 8.66. The second-order valence-corrected chi connectivity index (χ2v) is 7.39. The van der Waals surface area contributed by atoms with E-state index in [1.54, 1.807) is 18.3 Å². The molecule has 0 N–H and O–H groups in total. The molecule has 3 heterocycles. The van der Waals surface area contributed by atoms with E-state index >= 15 is 0 Å². The van der Waals surface area contributed by atoms with Crippen LogP contribution in [0.25, 0.3) is 0 Å². The third kappa shape index (κ3) is 3.24. The van der Waals surface area contributed by atoms with Gasteiger partial charge < -0.3 is 4.90 Å². The van der Waals surface area contributed by atoms with E-state index in [2.05, 4.69) is 30.7 Å². The molecule has 1 aromatic heterocycles. The number of pyridine rings is 1. The van der Waals surface area contributed by atoms with Gasteiger partial charge in [0.25, 0.3) is 5.91 Å². The number of aromatic nitrogens is 1. The molecule has 2 fully saturated rings. The van der Waals surface area contributed by atoms with Crippen LogP contribution in [-0.4, -0.2) is 53.9 Å². The standard InChI is InChI=1S/C19H19BrN4O2/c20-14-4-3-5-15(12-14)24-18(25)13-16(19(24)26)22-8-10-23(11-9-22)17-6-1-2-7-21-17/h1-7,12,16H,8-11,13H2/t16-/m0/s1. The summed E-state index contributed by atoms with van der Waals surface area (Å²) in [6, 6.07) is 12.8. The molecule has 0 unspecified atom stereocenters. The smallest absolute Gasteiger partial charge is 0.251 e. The van der Waals surface area contributed by atoms with Crippen molar-refractivity contribution in [2.75, 3.05) is 36.0 Å². The van der Waals surface area contributed by atoms with Gasteiger partial charge in [-0.3, -0.25) is 14.5 Å². The van der Waals surface area contributed by atoms with E-state index in [0.29, 0.717) is 5.69 Å². The molecule has 0 bridgehead atoms. The topological polar surface area (TPSA) is 56.8 Å². The number of nitrogens with zero attached hydrogens (tertiary/aromatic N) is 4. The van der Waals surface area contributed by atoms with E-state index in [1.807, 2.05) is 30.3 Å². The first-order chi connectivity index (χ1) is 12.6. The van der Waals surface area contributed by atoms with Gasteiger partial charge in [-0.05, 0) is 30.3 Å². The van der Waals surface area contributed by atoms with Gasteiger partial charge in [-0.1, -0.05) is 28.1 Å². The lowest BCUT2D eigenvalue weighted by molar-refractivity contribution is -0.123. The summed E-state index contributed by atoms with van der Waals surface area (Å²) in [7, 11) is 0. The monoisotopic (exact) mass is 414 g/mol. The maximum absolute atomic E-state index is 12.9. The normalized spacial score (nSPS) is 21.5. The predicted octanol–water partition coefficient (Wildman–Crippen LogP) is 2.30. The van der Waals surface area contributed by atoms with Crippen molar-refractivity contribution in [1.82, 2.24) is 9.88 Å². The number of anilines is 2. The van der Waals surface area contributed by atoms with Gasteiger partial charge in [0.2, 0.25) is 5.91 Å². The molecule has 0 spiro atoms. The minimum Gasteiger partial charge on any atom is -0.354 e. The lowest BCUT2D eigenvalue weighted by Crippen LogP contribution is -2.52. The van der Waals surface area contributed by atoms with E-state index in [1.165, 1.54) is 4.90 Å². The Morgan fingerprint density at radius 2 is 1.81 bits per heavy atom. The Labute approximate surface area is 160 Å². The summed E-state index contributed by atoms with van der Waals surface area (Å²) in [4.78, 5) is 35.4. The molecule has 0 aliphatic carbocycles. The van der Waals surface area contributed by atoms with Crippen LogP contribution in [-0.2, 0) is 9.59 Å². The van der Waals surface area contributed by atoms with Gasteiger partial charge in [0.15, 0.2) is 0 Å². The fourth-order valence-corrected chi connectivity index (χ4v) is 3.98. The van der Waals surface area contributed by atoms with Crippen molar-refractivity contribution < 1.29 is 9.59 Å². The Morgan fingerprint density at radius 3 is 2.50 bits per heavy atom. The molecular weight excluding hydrogens is 396 g/mol. The Balaban J connectivity index is 1.45. The SMILES string of the molecule is O=C1C[C@H](N2CCN(c3ccccn3)CC2)C(=O)N1c1cccc(Br)c1. The van der Waals surface area contributed by atoms with Crippen molar-refractivity contribution in [2.45, 2.75) is 12.5 Å². The van der Waals surface area contributed by atoms with E-state index in [-0.39, 0.29) is 24.3 Å². The lowest BCUT2D eigenvalue weighted by Gasteiger charge is -2.37. The van der Waals surface area contributed by atoms with Gasteiger partial charge in [0.05, 0.1) is 18.2 Å². The van der Waals surface area contributed by atoms with Crippen LogP contribution in [0.2, 0.25) is 0 Å². The minimum absolute atomic E-state index is 0.126. The average Bonchev–Trinajstić information content (AvgIpc) is 2.97. The number of halogens is 1.